The van der Waals surface area contributed by atoms with Gasteiger partial charge in [-0.1, -0.05) is 0 Å². The molecule has 0 N–H and O–H groups in total. The second-order valence-corrected chi connectivity index (χ2v) is 33.1. The van der Waals surface area contributed by atoms with Crippen molar-refractivity contribution in [2.45, 2.75) is 105 Å². The molecule has 3 aromatic carbocycles. The number of hydrogen-bond donors (Lipinski definition) is 0. The van der Waals surface area contributed by atoms with E-state index in [1.807, 2.05) is 0 Å². The molecule has 3 aromatic rings. The Hall–Kier alpha value is -2.05. The van der Waals surface area contributed by atoms with Crippen molar-refractivity contribution in [1.29, 1.82) is 0 Å². The number of benzene rings is 3. The number of hydrogen-bond acceptors (Lipinski definition) is 0. The zero-order valence-corrected chi connectivity index (χ0v) is 36.3. The van der Waals surface area contributed by atoms with Gasteiger partial charge >= 0.3 is 288 Å². The molecule has 0 saturated carbocycles. The van der Waals surface area contributed by atoms with E-state index < -0.39 is 18.3 Å². The van der Waals surface area contributed by atoms with E-state index in [2.05, 4.69) is 161 Å². The van der Waals surface area contributed by atoms with Gasteiger partial charge in [0.1, 0.15) is 0 Å². The molecular formula is C46H58Cl2Zr. The molecule has 7 rings (SSSR count). The Morgan fingerprint density at radius 3 is 1.82 bits per heavy atom. The van der Waals surface area contributed by atoms with Gasteiger partial charge < -0.3 is 0 Å². The summed E-state index contributed by atoms with van der Waals surface area (Å²) in [7, 11) is 0. The van der Waals surface area contributed by atoms with Crippen molar-refractivity contribution in [1.82, 2.24) is 0 Å². The van der Waals surface area contributed by atoms with Crippen LogP contribution in [0, 0.1) is 16.7 Å². The van der Waals surface area contributed by atoms with Crippen LogP contribution < -0.4 is 3.27 Å². The molecule has 0 spiro atoms. The maximum absolute atomic E-state index is 5.61. The van der Waals surface area contributed by atoms with Gasteiger partial charge in [-0.15, -0.1) is 24.8 Å². The molecule has 0 nitrogen and oxygen atoms in total. The summed E-state index contributed by atoms with van der Waals surface area (Å²) < 4.78 is 13.0. The normalized spacial score (nSPS) is 20.4. The molecule has 0 heterocycles. The first-order chi connectivity index (χ1) is 21.6. The Morgan fingerprint density at radius 2 is 1.31 bits per heavy atom. The van der Waals surface area contributed by atoms with Gasteiger partial charge in [0.15, 0.2) is 0 Å². The molecule has 3 heteroatoms. The van der Waals surface area contributed by atoms with E-state index in [0.717, 1.165) is 6.42 Å². The van der Waals surface area contributed by atoms with Crippen molar-refractivity contribution in [2.75, 3.05) is 0 Å². The van der Waals surface area contributed by atoms with E-state index >= 15 is 0 Å². The topological polar surface area (TPSA) is 0 Å². The Labute approximate surface area is 310 Å². The van der Waals surface area contributed by atoms with Crippen molar-refractivity contribution in [3.05, 3.63) is 118 Å². The van der Waals surface area contributed by atoms with Crippen LogP contribution in [0.25, 0.3) is 22.3 Å². The first-order valence-electron chi connectivity index (χ1n) is 17.9. The quantitative estimate of drug-likeness (QED) is 0.195. The summed E-state index contributed by atoms with van der Waals surface area (Å²) >= 11 is -4.41. The second-order valence-electron chi connectivity index (χ2n) is 19.1. The molecule has 4 aliphatic carbocycles. The third-order valence-electron chi connectivity index (χ3n) is 12.4. The summed E-state index contributed by atoms with van der Waals surface area (Å²) in [5, 5.41) is 0. The van der Waals surface area contributed by atoms with E-state index in [1.165, 1.54) is 58.9 Å². The fraction of sp³-hybridized carbons (Fsp3) is 0.413. The van der Waals surface area contributed by atoms with Crippen LogP contribution in [0.3, 0.4) is 0 Å². The van der Waals surface area contributed by atoms with Crippen LogP contribution in [0.4, 0.5) is 0 Å². The van der Waals surface area contributed by atoms with E-state index in [0.29, 0.717) is 5.92 Å². The van der Waals surface area contributed by atoms with Gasteiger partial charge in [-0.2, -0.15) is 0 Å². The Morgan fingerprint density at radius 1 is 0.755 bits per heavy atom. The molecule has 0 radical (unpaired) electrons. The first kappa shape index (κ1) is 38.2. The molecule has 0 amide bonds. The summed E-state index contributed by atoms with van der Waals surface area (Å²) in [6, 6.07) is 21.8. The average Bonchev–Trinajstić information content (AvgIpc) is 3.65. The van der Waals surface area contributed by atoms with Crippen LogP contribution in [0.1, 0.15) is 116 Å². The molecule has 0 fully saturated rings. The molecule has 0 aromatic heterocycles. The van der Waals surface area contributed by atoms with Crippen LogP contribution in [-0.2, 0) is 35.5 Å². The van der Waals surface area contributed by atoms with Crippen molar-refractivity contribution < 1.29 is 18.3 Å². The van der Waals surface area contributed by atoms with Crippen LogP contribution in [0.2, 0.25) is 4.63 Å². The zero-order valence-electron chi connectivity index (χ0n) is 32.2. The van der Waals surface area contributed by atoms with Crippen LogP contribution in [0.5, 0.6) is 0 Å². The summed E-state index contributed by atoms with van der Waals surface area (Å²) in [5.74, 6) is 0.393. The number of allylic oxidation sites excluding steroid dienone is 8. The Bertz CT molecular complexity index is 2100. The van der Waals surface area contributed by atoms with Gasteiger partial charge in [0.25, 0.3) is 0 Å². The van der Waals surface area contributed by atoms with E-state index in [1.54, 1.807) is 12.1 Å². The number of fused-ring (bicyclic) bond motifs is 5. The summed E-state index contributed by atoms with van der Waals surface area (Å²) in [4.78, 5) is 0. The molecule has 49 heavy (non-hydrogen) atoms. The predicted octanol–water partition coefficient (Wildman–Crippen LogP) is 12.8. The molecule has 1 atom stereocenters. The molecular weight excluding hydrogens is 715 g/mol. The van der Waals surface area contributed by atoms with E-state index in [4.69, 9.17) is 4.21 Å². The Balaban J connectivity index is 0.00000234. The fourth-order valence-electron chi connectivity index (χ4n) is 10.5. The molecule has 0 aliphatic heterocycles. The second kappa shape index (κ2) is 11.5. The van der Waals surface area contributed by atoms with Crippen LogP contribution in [-0.4, -0.2) is 4.21 Å². The van der Waals surface area contributed by atoms with Crippen LogP contribution >= 0.6 is 24.8 Å². The standard InChI is InChI=1S/C31H37.C7H9.C6H5.CH3.CH2.2ClH.Zr/c1-28(2,3)26-16-30(7,8)24-12-18-11-19-13-25-23(15-21(19)20(18)14-22(24)26)27(29(4,5)6)17-31(25,9)10;1-6-3-4-7(2)5-6;1-2-4-6-5-3-1;;;;;/h12-16H,11H2,1-10H3;3,5,7H,1-2H3;1-5H;1H3;1H2;2*1H;. The summed E-state index contributed by atoms with van der Waals surface area (Å²) in [6.07, 6.45) is 8.55. The fourth-order valence-corrected chi connectivity index (χ4v) is 27.6. The van der Waals surface area contributed by atoms with Crippen molar-refractivity contribution in [3.63, 3.8) is 0 Å². The van der Waals surface area contributed by atoms with Crippen molar-refractivity contribution in [2.24, 2.45) is 16.7 Å². The summed E-state index contributed by atoms with van der Waals surface area (Å²) in [5.41, 5.74) is 16.2. The molecule has 260 valence electrons. The molecule has 1 unspecified atom stereocenters. The minimum absolute atomic E-state index is 0. The van der Waals surface area contributed by atoms with Gasteiger partial charge in [-0.3, -0.25) is 0 Å². The molecule has 0 bridgehead atoms. The predicted molar refractivity (Wildman–Crippen MR) is 219 cm³/mol. The maximum atomic E-state index is 5.61. The zero-order chi connectivity index (χ0) is 34.3. The van der Waals surface area contributed by atoms with E-state index in [9.17, 15) is 0 Å². The third kappa shape index (κ3) is 5.34. The van der Waals surface area contributed by atoms with Crippen molar-refractivity contribution >= 4 is 43.4 Å². The van der Waals surface area contributed by atoms with Crippen molar-refractivity contribution in [3.8, 4) is 11.1 Å². The third-order valence-corrected chi connectivity index (χ3v) is 27.9. The van der Waals surface area contributed by atoms with Gasteiger partial charge in [0.05, 0.1) is 0 Å². The number of rotatable bonds is 3. The molecule has 0 saturated heterocycles. The average molecular weight is 773 g/mol. The van der Waals surface area contributed by atoms with Crippen LogP contribution in [0.15, 0.2) is 85.0 Å². The monoisotopic (exact) mass is 770 g/mol. The van der Waals surface area contributed by atoms with Gasteiger partial charge in [-0.05, 0) is 0 Å². The van der Waals surface area contributed by atoms with Gasteiger partial charge in [-0.25, -0.2) is 0 Å². The first-order valence-corrected chi connectivity index (χ1v) is 25.8. The Kier molecular flexibility index (Phi) is 8.94. The van der Waals surface area contributed by atoms with Gasteiger partial charge in [0, 0.05) is 0 Å². The SMILES string of the molecule is Cl.Cl.[CH2]=[Zr]([CH3])([C]1=CC(C)=CC1C)([C]1=C(C(C)(C)C)c2cc3c(cc2C1(C)C)Cc1cc2c(cc1-3)C(C(C)(C)C)=CC2(C)C)[c]1ccccc1. The van der Waals surface area contributed by atoms with Gasteiger partial charge in [0.2, 0.25) is 0 Å². The molecule has 4 aliphatic rings. The summed E-state index contributed by atoms with van der Waals surface area (Å²) in [6.45, 7) is 28.9. The number of halogens is 2. The minimum atomic E-state index is -4.41. The van der Waals surface area contributed by atoms with E-state index in [-0.39, 0.29) is 46.5 Å².